The van der Waals surface area contributed by atoms with Gasteiger partial charge in [0.25, 0.3) is 5.56 Å². The molecule has 2 N–H and O–H groups in total. The summed E-state index contributed by atoms with van der Waals surface area (Å²) >= 11 is 2.00. The molecule has 1 unspecified atom stereocenters. The van der Waals surface area contributed by atoms with Crippen molar-refractivity contribution in [2.75, 3.05) is 11.9 Å². The summed E-state index contributed by atoms with van der Waals surface area (Å²) in [5.41, 5.74) is 0.154. The predicted molar refractivity (Wildman–Crippen MR) is 74.7 cm³/mol. The van der Waals surface area contributed by atoms with E-state index >= 15 is 0 Å². The van der Waals surface area contributed by atoms with Crippen LogP contribution < -0.4 is 10.9 Å². The lowest BCUT2D eigenvalue weighted by Crippen LogP contribution is -2.26. The Kier molecular flexibility index (Phi) is 4.35. The monoisotopic (exact) mass is 335 g/mol. The molecule has 16 heavy (non-hydrogen) atoms. The first-order valence-electron chi connectivity index (χ1n) is 5.29. The van der Waals surface area contributed by atoms with Gasteiger partial charge in [0.1, 0.15) is 9.39 Å². The van der Waals surface area contributed by atoms with Gasteiger partial charge in [0.05, 0.1) is 6.33 Å². The van der Waals surface area contributed by atoms with E-state index in [1.807, 2.05) is 22.6 Å². The second-order valence-electron chi connectivity index (χ2n) is 5.04. The zero-order chi connectivity index (χ0) is 12.3. The molecular weight excluding hydrogens is 317 g/mol. The first-order valence-corrected chi connectivity index (χ1v) is 6.37. The van der Waals surface area contributed by atoms with Crippen LogP contribution in [0.3, 0.4) is 0 Å². The summed E-state index contributed by atoms with van der Waals surface area (Å²) in [6.07, 6.45) is 1.43. The fourth-order valence-electron chi connectivity index (χ4n) is 1.06. The van der Waals surface area contributed by atoms with Crippen molar-refractivity contribution in [3.63, 3.8) is 0 Å². The van der Waals surface area contributed by atoms with Crippen molar-refractivity contribution < 1.29 is 0 Å². The molecule has 0 saturated heterocycles. The van der Waals surface area contributed by atoms with E-state index in [4.69, 9.17) is 0 Å². The van der Waals surface area contributed by atoms with Gasteiger partial charge in [-0.2, -0.15) is 0 Å². The maximum absolute atomic E-state index is 11.3. The van der Waals surface area contributed by atoms with Gasteiger partial charge in [0.2, 0.25) is 0 Å². The van der Waals surface area contributed by atoms with Crippen molar-refractivity contribution in [2.24, 2.45) is 11.3 Å². The molecule has 0 aromatic carbocycles. The van der Waals surface area contributed by atoms with Crippen LogP contribution in [-0.2, 0) is 0 Å². The largest absolute Gasteiger partial charge is 0.369 e. The highest BCUT2D eigenvalue weighted by Gasteiger charge is 2.20. The summed E-state index contributed by atoms with van der Waals surface area (Å²) in [7, 11) is 0. The molecule has 0 saturated carbocycles. The number of aromatic nitrogens is 2. The van der Waals surface area contributed by atoms with Crippen molar-refractivity contribution in [1.82, 2.24) is 9.97 Å². The van der Waals surface area contributed by atoms with Gasteiger partial charge in [0.15, 0.2) is 0 Å². The van der Waals surface area contributed by atoms with Crippen LogP contribution in [0.2, 0.25) is 0 Å². The summed E-state index contributed by atoms with van der Waals surface area (Å²) in [6, 6.07) is 0. The molecule has 0 radical (unpaired) electrons. The van der Waals surface area contributed by atoms with Crippen LogP contribution >= 0.6 is 22.6 Å². The highest BCUT2D eigenvalue weighted by atomic mass is 127. The van der Waals surface area contributed by atoms with Gasteiger partial charge in [-0.15, -0.1) is 0 Å². The van der Waals surface area contributed by atoms with E-state index in [1.54, 1.807) is 0 Å². The number of nitrogens with one attached hydrogen (secondary N) is 2. The van der Waals surface area contributed by atoms with Crippen molar-refractivity contribution in [2.45, 2.75) is 27.7 Å². The number of aromatic amines is 1. The van der Waals surface area contributed by atoms with Crippen molar-refractivity contribution in [1.29, 1.82) is 0 Å². The van der Waals surface area contributed by atoms with Gasteiger partial charge < -0.3 is 10.3 Å². The molecule has 1 aromatic rings. The van der Waals surface area contributed by atoms with Gasteiger partial charge >= 0.3 is 0 Å². The van der Waals surface area contributed by atoms with Crippen LogP contribution in [0.5, 0.6) is 0 Å². The highest BCUT2D eigenvalue weighted by Crippen LogP contribution is 2.25. The maximum atomic E-state index is 11.3. The predicted octanol–water partition coefficient (Wildman–Crippen LogP) is 2.47. The van der Waals surface area contributed by atoms with E-state index < -0.39 is 0 Å². The normalized spacial score (nSPS) is 13.6. The second kappa shape index (κ2) is 5.16. The van der Waals surface area contributed by atoms with E-state index in [0.29, 0.717) is 15.3 Å². The molecule has 90 valence electrons. The molecule has 0 amide bonds. The number of H-pyrrole nitrogens is 1. The van der Waals surface area contributed by atoms with Crippen molar-refractivity contribution >= 4 is 28.4 Å². The Labute approximate surface area is 109 Å². The summed E-state index contributed by atoms with van der Waals surface area (Å²) < 4.78 is 0.612. The summed E-state index contributed by atoms with van der Waals surface area (Å²) in [5, 5.41) is 3.22. The van der Waals surface area contributed by atoms with Gasteiger partial charge in [-0.25, -0.2) is 4.98 Å². The Morgan fingerprint density at radius 2 is 2.19 bits per heavy atom. The number of halogens is 1. The topological polar surface area (TPSA) is 57.8 Å². The second-order valence-corrected chi connectivity index (χ2v) is 6.12. The minimum Gasteiger partial charge on any atom is -0.369 e. The fourth-order valence-corrected chi connectivity index (χ4v) is 1.55. The molecule has 1 heterocycles. The van der Waals surface area contributed by atoms with Crippen LogP contribution in [0.25, 0.3) is 0 Å². The molecule has 0 aliphatic rings. The molecule has 0 aliphatic carbocycles. The van der Waals surface area contributed by atoms with E-state index in [-0.39, 0.29) is 11.0 Å². The van der Waals surface area contributed by atoms with Gasteiger partial charge in [-0.3, -0.25) is 4.79 Å². The molecule has 0 fully saturated rings. The molecule has 1 atom stereocenters. The maximum Gasteiger partial charge on any atom is 0.266 e. The van der Waals surface area contributed by atoms with E-state index in [9.17, 15) is 4.79 Å². The number of anilines is 1. The summed E-state index contributed by atoms with van der Waals surface area (Å²) in [4.78, 5) is 18.0. The summed E-state index contributed by atoms with van der Waals surface area (Å²) in [5.74, 6) is 1.17. The number of hydrogen-bond donors (Lipinski definition) is 2. The average Bonchev–Trinajstić information content (AvgIpc) is 2.18. The number of nitrogens with zero attached hydrogens (tertiary/aromatic N) is 1. The quantitative estimate of drug-likeness (QED) is 0.835. The van der Waals surface area contributed by atoms with Crippen LogP contribution in [0.1, 0.15) is 27.7 Å². The Morgan fingerprint density at radius 3 is 2.75 bits per heavy atom. The lowest BCUT2D eigenvalue weighted by atomic mass is 9.82. The molecule has 1 aromatic heterocycles. The zero-order valence-corrected chi connectivity index (χ0v) is 12.3. The first-order chi connectivity index (χ1) is 7.32. The third-order valence-corrected chi connectivity index (χ3v) is 3.85. The van der Waals surface area contributed by atoms with E-state index in [1.165, 1.54) is 6.33 Å². The number of rotatable bonds is 3. The van der Waals surface area contributed by atoms with Crippen LogP contribution in [0.15, 0.2) is 11.1 Å². The molecule has 4 nitrogen and oxygen atoms in total. The zero-order valence-electron chi connectivity index (χ0n) is 10.1. The Bertz CT molecular complexity index is 408. The molecule has 5 heteroatoms. The molecule has 1 rings (SSSR count). The Morgan fingerprint density at radius 1 is 1.56 bits per heavy atom. The lowest BCUT2D eigenvalue weighted by molar-refractivity contribution is 0.274. The molecular formula is C11H18IN3O. The van der Waals surface area contributed by atoms with Crippen LogP contribution in [-0.4, -0.2) is 16.5 Å². The van der Waals surface area contributed by atoms with Crippen molar-refractivity contribution in [3.05, 3.63) is 20.3 Å². The average molecular weight is 335 g/mol. The van der Waals surface area contributed by atoms with E-state index in [2.05, 4.69) is 43.0 Å². The van der Waals surface area contributed by atoms with Crippen LogP contribution in [0, 0.1) is 14.9 Å². The first kappa shape index (κ1) is 13.5. The summed E-state index contributed by atoms with van der Waals surface area (Å²) in [6.45, 7) is 9.61. The van der Waals surface area contributed by atoms with E-state index in [0.717, 1.165) is 6.54 Å². The molecule has 0 aliphatic heterocycles. The third kappa shape index (κ3) is 3.47. The molecule has 0 spiro atoms. The SMILES string of the molecule is CC(CNc1nc[nH]c(=O)c1I)C(C)(C)C. The fraction of sp³-hybridized carbons (Fsp3) is 0.636. The third-order valence-electron chi connectivity index (χ3n) is 2.85. The minimum absolute atomic E-state index is 0.0958. The van der Waals surface area contributed by atoms with Crippen molar-refractivity contribution in [3.8, 4) is 0 Å². The minimum atomic E-state index is -0.0958. The Balaban J connectivity index is 2.69. The van der Waals surface area contributed by atoms with Gasteiger partial charge in [0, 0.05) is 6.54 Å². The van der Waals surface area contributed by atoms with Gasteiger partial charge in [-0.1, -0.05) is 27.7 Å². The smallest absolute Gasteiger partial charge is 0.266 e. The highest BCUT2D eigenvalue weighted by molar-refractivity contribution is 14.1. The number of hydrogen-bond acceptors (Lipinski definition) is 3. The van der Waals surface area contributed by atoms with Gasteiger partial charge in [-0.05, 0) is 33.9 Å². The molecule has 0 bridgehead atoms. The van der Waals surface area contributed by atoms with Crippen LogP contribution in [0.4, 0.5) is 5.82 Å². The lowest BCUT2D eigenvalue weighted by Gasteiger charge is -2.27. The Hall–Kier alpha value is -0.590. The standard InChI is InChI=1S/C11H18IN3O/c1-7(11(2,3)4)5-13-9-8(12)10(16)15-6-14-9/h6-7H,5H2,1-4H3,(H2,13,14,15,16).